The molecule has 0 N–H and O–H groups in total. The summed E-state index contributed by atoms with van der Waals surface area (Å²) in [5.74, 6) is 1.12. The van der Waals surface area contributed by atoms with Gasteiger partial charge in [0.15, 0.2) is 0 Å². The summed E-state index contributed by atoms with van der Waals surface area (Å²) in [5.41, 5.74) is 2.43. The van der Waals surface area contributed by atoms with E-state index in [-0.39, 0.29) is 5.91 Å². The van der Waals surface area contributed by atoms with Crippen molar-refractivity contribution in [1.82, 2.24) is 4.90 Å². The van der Waals surface area contributed by atoms with Crippen LogP contribution in [-0.2, 0) is 17.8 Å². The Labute approximate surface area is 135 Å². The standard InChI is InChI=1S/C18H21NO2S/c1-21-17-7-2-14(3-8-17)12-19(16-5-6-16)18(20)9-4-15-10-11-22-13-15/h2-3,7-8,10-11,13,16H,4-6,9,12H2,1H3. The van der Waals surface area contributed by atoms with E-state index < -0.39 is 0 Å². The molecule has 0 spiro atoms. The molecule has 0 bridgehead atoms. The average Bonchev–Trinajstić information content (AvgIpc) is 3.26. The second-order valence-electron chi connectivity index (χ2n) is 5.73. The number of rotatable bonds is 7. The SMILES string of the molecule is COc1ccc(CN(C(=O)CCc2ccsc2)C2CC2)cc1. The van der Waals surface area contributed by atoms with Crippen molar-refractivity contribution in [1.29, 1.82) is 0 Å². The van der Waals surface area contributed by atoms with Crippen LogP contribution in [0.3, 0.4) is 0 Å². The summed E-state index contributed by atoms with van der Waals surface area (Å²) in [6, 6.07) is 10.5. The van der Waals surface area contributed by atoms with E-state index in [1.807, 2.05) is 29.2 Å². The van der Waals surface area contributed by atoms with Gasteiger partial charge in [-0.1, -0.05) is 12.1 Å². The Morgan fingerprint density at radius 3 is 2.59 bits per heavy atom. The van der Waals surface area contributed by atoms with Crippen molar-refractivity contribution in [2.24, 2.45) is 0 Å². The molecule has 1 saturated carbocycles. The molecule has 1 fully saturated rings. The van der Waals surface area contributed by atoms with E-state index in [9.17, 15) is 4.79 Å². The maximum atomic E-state index is 12.6. The van der Waals surface area contributed by atoms with Crippen LogP contribution >= 0.6 is 11.3 Å². The summed E-state index contributed by atoms with van der Waals surface area (Å²) in [6.45, 7) is 0.705. The molecule has 0 atom stereocenters. The quantitative estimate of drug-likeness (QED) is 0.776. The molecule has 2 aromatic rings. The molecule has 1 aromatic heterocycles. The summed E-state index contributed by atoms with van der Waals surface area (Å²) < 4.78 is 5.18. The molecule has 116 valence electrons. The van der Waals surface area contributed by atoms with Gasteiger partial charge in [-0.05, 0) is 59.3 Å². The van der Waals surface area contributed by atoms with Gasteiger partial charge >= 0.3 is 0 Å². The van der Waals surface area contributed by atoms with Crippen LogP contribution in [0.4, 0.5) is 0 Å². The first-order valence-electron chi connectivity index (χ1n) is 7.70. The maximum absolute atomic E-state index is 12.6. The Kier molecular flexibility index (Phi) is 4.78. The van der Waals surface area contributed by atoms with E-state index in [2.05, 4.69) is 16.8 Å². The largest absolute Gasteiger partial charge is 0.497 e. The van der Waals surface area contributed by atoms with Gasteiger partial charge in [-0.3, -0.25) is 4.79 Å². The van der Waals surface area contributed by atoms with Gasteiger partial charge in [-0.25, -0.2) is 0 Å². The van der Waals surface area contributed by atoms with Crippen LogP contribution in [0.25, 0.3) is 0 Å². The molecule has 0 radical (unpaired) electrons. The van der Waals surface area contributed by atoms with Crippen molar-refractivity contribution < 1.29 is 9.53 Å². The third kappa shape index (κ3) is 3.89. The van der Waals surface area contributed by atoms with E-state index in [1.165, 1.54) is 5.56 Å². The smallest absolute Gasteiger partial charge is 0.223 e. The first-order valence-corrected chi connectivity index (χ1v) is 8.64. The van der Waals surface area contributed by atoms with E-state index >= 15 is 0 Å². The highest BCUT2D eigenvalue weighted by Gasteiger charge is 2.32. The van der Waals surface area contributed by atoms with Gasteiger partial charge < -0.3 is 9.64 Å². The number of amides is 1. The third-order valence-corrected chi connectivity index (χ3v) is 4.76. The summed E-state index contributed by atoms with van der Waals surface area (Å²) in [7, 11) is 1.67. The summed E-state index contributed by atoms with van der Waals surface area (Å²) in [6.07, 6.45) is 3.72. The highest BCUT2D eigenvalue weighted by Crippen LogP contribution is 2.29. The Morgan fingerprint density at radius 2 is 2.00 bits per heavy atom. The second-order valence-corrected chi connectivity index (χ2v) is 6.51. The number of carbonyl (C=O) groups is 1. The predicted molar refractivity (Wildman–Crippen MR) is 89.2 cm³/mol. The third-order valence-electron chi connectivity index (χ3n) is 4.03. The number of hydrogen-bond acceptors (Lipinski definition) is 3. The van der Waals surface area contributed by atoms with Gasteiger partial charge in [0.2, 0.25) is 5.91 Å². The number of ether oxygens (including phenoxy) is 1. The van der Waals surface area contributed by atoms with Crippen LogP contribution in [0.1, 0.15) is 30.4 Å². The van der Waals surface area contributed by atoms with Crippen LogP contribution in [-0.4, -0.2) is 24.0 Å². The van der Waals surface area contributed by atoms with Gasteiger partial charge in [0, 0.05) is 19.0 Å². The van der Waals surface area contributed by atoms with Crippen LogP contribution in [0.15, 0.2) is 41.1 Å². The number of aryl methyl sites for hydroxylation is 1. The topological polar surface area (TPSA) is 29.5 Å². The summed E-state index contributed by atoms with van der Waals surface area (Å²) in [5, 5.41) is 4.19. The molecule has 1 aliphatic rings. The van der Waals surface area contributed by atoms with Crippen LogP contribution < -0.4 is 4.74 Å². The van der Waals surface area contributed by atoms with Gasteiger partial charge in [0.25, 0.3) is 0 Å². The Morgan fingerprint density at radius 1 is 1.23 bits per heavy atom. The van der Waals surface area contributed by atoms with Gasteiger partial charge in [0.1, 0.15) is 5.75 Å². The number of benzene rings is 1. The van der Waals surface area contributed by atoms with Crippen molar-refractivity contribution in [3.63, 3.8) is 0 Å². The number of hydrogen-bond donors (Lipinski definition) is 0. The molecular formula is C18H21NO2S. The fraction of sp³-hybridized carbons (Fsp3) is 0.389. The molecule has 1 heterocycles. The fourth-order valence-corrected chi connectivity index (χ4v) is 3.27. The molecule has 0 saturated heterocycles. The van der Waals surface area contributed by atoms with E-state index in [0.717, 1.165) is 30.6 Å². The van der Waals surface area contributed by atoms with Crippen LogP contribution in [0.5, 0.6) is 5.75 Å². The molecular weight excluding hydrogens is 294 g/mol. The Bertz CT molecular complexity index is 603. The lowest BCUT2D eigenvalue weighted by atomic mass is 10.1. The predicted octanol–water partition coefficient (Wildman–Crippen LogP) is 3.88. The summed E-state index contributed by atoms with van der Waals surface area (Å²) >= 11 is 1.69. The van der Waals surface area contributed by atoms with Gasteiger partial charge in [0.05, 0.1) is 7.11 Å². The van der Waals surface area contributed by atoms with Crippen LogP contribution in [0, 0.1) is 0 Å². The molecule has 0 unspecified atom stereocenters. The minimum Gasteiger partial charge on any atom is -0.497 e. The maximum Gasteiger partial charge on any atom is 0.223 e. The van der Waals surface area contributed by atoms with E-state index in [1.54, 1.807) is 18.4 Å². The summed E-state index contributed by atoms with van der Waals surface area (Å²) in [4.78, 5) is 14.6. The highest BCUT2D eigenvalue weighted by molar-refractivity contribution is 7.07. The Balaban J connectivity index is 1.60. The first kappa shape index (κ1) is 15.1. The lowest BCUT2D eigenvalue weighted by Crippen LogP contribution is -2.32. The van der Waals surface area contributed by atoms with Crippen molar-refractivity contribution >= 4 is 17.2 Å². The lowest BCUT2D eigenvalue weighted by Gasteiger charge is -2.22. The van der Waals surface area contributed by atoms with E-state index in [0.29, 0.717) is 19.0 Å². The fourth-order valence-electron chi connectivity index (χ4n) is 2.56. The van der Waals surface area contributed by atoms with Crippen molar-refractivity contribution in [3.05, 3.63) is 52.2 Å². The van der Waals surface area contributed by atoms with Gasteiger partial charge in [-0.15, -0.1) is 0 Å². The molecule has 1 aliphatic carbocycles. The average molecular weight is 315 g/mol. The first-order chi connectivity index (χ1) is 10.8. The molecule has 1 amide bonds. The van der Waals surface area contributed by atoms with E-state index in [4.69, 9.17) is 4.74 Å². The molecule has 4 heteroatoms. The van der Waals surface area contributed by atoms with Crippen molar-refractivity contribution in [2.75, 3.05) is 7.11 Å². The van der Waals surface area contributed by atoms with Crippen LogP contribution in [0.2, 0.25) is 0 Å². The van der Waals surface area contributed by atoms with Gasteiger partial charge in [-0.2, -0.15) is 11.3 Å². The number of carbonyl (C=O) groups excluding carboxylic acids is 1. The number of nitrogens with zero attached hydrogens (tertiary/aromatic N) is 1. The number of thiophene rings is 1. The molecule has 22 heavy (non-hydrogen) atoms. The normalized spacial score (nSPS) is 13.9. The zero-order chi connectivity index (χ0) is 15.4. The second kappa shape index (κ2) is 6.97. The zero-order valence-electron chi connectivity index (χ0n) is 12.8. The minimum absolute atomic E-state index is 0.268. The highest BCUT2D eigenvalue weighted by atomic mass is 32.1. The van der Waals surface area contributed by atoms with Crippen molar-refractivity contribution in [2.45, 2.75) is 38.3 Å². The van der Waals surface area contributed by atoms with Crippen molar-refractivity contribution in [3.8, 4) is 5.75 Å². The molecule has 1 aromatic carbocycles. The minimum atomic E-state index is 0.268. The monoisotopic (exact) mass is 315 g/mol. The Hall–Kier alpha value is -1.81. The lowest BCUT2D eigenvalue weighted by molar-refractivity contribution is -0.132. The molecule has 3 rings (SSSR count). The number of methoxy groups -OCH3 is 1. The molecule has 0 aliphatic heterocycles. The zero-order valence-corrected chi connectivity index (χ0v) is 13.6. The molecule has 3 nitrogen and oxygen atoms in total.